The molecule has 0 saturated carbocycles. The summed E-state index contributed by atoms with van der Waals surface area (Å²) in [5.41, 5.74) is 4.52. The van der Waals surface area contributed by atoms with E-state index in [4.69, 9.17) is 4.42 Å². The lowest BCUT2D eigenvalue weighted by Gasteiger charge is -1.98. The first-order chi connectivity index (χ1) is 13.2. The predicted molar refractivity (Wildman–Crippen MR) is 100 cm³/mol. The van der Waals surface area contributed by atoms with Gasteiger partial charge in [0.15, 0.2) is 10.2 Å². The van der Waals surface area contributed by atoms with Crippen molar-refractivity contribution in [3.63, 3.8) is 0 Å². The number of aromatic amines is 1. The molecule has 2 N–H and O–H groups in total. The first kappa shape index (κ1) is 17.0. The van der Waals surface area contributed by atoms with Crippen LogP contribution in [0.5, 0.6) is 0 Å². The fraction of sp³-hybridized carbons (Fsp3) is 0. The summed E-state index contributed by atoms with van der Waals surface area (Å²) in [5, 5.41) is 5.21. The van der Waals surface area contributed by atoms with E-state index in [1.807, 2.05) is 24.3 Å². The topological polar surface area (TPSA) is 83.3 Å². The lowest BCUT2D eigenvalue weighted by Crippen LogP contribution is -2.17. The number of halogens is 1. The van der Waals surface area contributed by atoms with Crippen LogP contribution in [0.25, 0.3) is 11.0 Å². The molecule has 0 unspecified atom stereocenters. The molecule has 1 amide bonds. The van der Waals surface area contributed by atoms with Gasteiger partial charge in [-0.3, -0.25) is 4.79 Å². The van der Waals surface area contributed by atoms with Crippen LogP contribution < -0.4 is 5.43 Å². The number of hydrogen-bond donors (Lipinski definition) is 2. The number of carbonyl (C=O) groups excluding carboxylic acids is 1. The molecule has 0 bridgehead atoms. The quantitative estimate of drug-likeness (QED) is 0.401. The average Bonchev–Trinajstić information content (AvgIpc) is 3.28. The Morgan fingerprint density at radius 3 is 2.78 bits per heavy atom. The lowest BCUT2D eigenvalue weighted by molar-refractivity contribution is 0.0955. The molecule has 0 fully saturated rings. The highest BCUT2D eigenvalue weighted by molar-refractivity contribution is 7.99. The van der Waals surface area contributed by atoms with Crippen molar-refractivity contribution in [3.05, 3.63) is 77.8 Å². The minimum Gasteiger partial charge on any atom is -0.448 e. The highest BCUT2D eigenvalue weighted by Gasteiger charge is 2.08. The van der Waals surface area contributed by atoms with Crippen molar-refractivity contribution in [2.24, 2.45) is 5.10 Å². The number of furan rings is 1. The molecule has 0 aliphatic heterocycles. The van der Waals surface area contributed by atoms with E-state index in [0.717, 1.165) is 16.2 Å². The van der Waals surface area contributed by atoms with Gasteiger partial charge in [-0.1, -0.05) is 12.1 Å². The third-order valence-electron chi connectivity index (χ3n) is 3.63. The normalized spacial score (nSPS) is 11.3. The van der Waals surface area contributed by atoms with Gasteiger partial charge in [-0.2, -0.15) is 5.10 Å². The number of amides is 1. The minimum atomic E-state index is -0.435. The summed E-state index contributed by atoms with van der Waals surface area (Å²) < 4.78 is 18.5. The first-order valence-electron chi connectivity index (χ1n) is 7.99. The first-order valence-corrected chi connectivity index (χ1v) is 8.80. The molecule has 27 heavy (non-hydrogen) atoms. The van der Waals surface area contributed by atoms with Gasteiger partial charge in [0, 0.05) is 5.56 Å². The number of benzene rings is 2. The van der Waals surface area contributed by atoms with Gasteiger partial charge in [-0.15, -0.1) is 0 Å². The molecule has 4 rings (SSSR count). The number of imidazole rings is 1. The van der Waals surface area contributed by atoms with Gasteiger partial charge in [0.1, 0.15) is 11.6 Å². The summed E-state index contributed by atoms with van der Waals surface area (Å²) in [4.78, 5) is 19.6. The Hall–Kier alpha value is -3.39. The molecule has 8 heteroatoms. The van der Waals surface area contributed by atoms with Gasteiger partial charge < -0.3 is 9.40 Å². The Balaban J connectivity index is 1.38. The number of rotatable bonds is 5. The van der Waals surface area contributed by atoms with Gasteiger partial charge in [0.2, 0.25) is 0 Å². The van der Waals surface area contributed by atoms with Crippen LogP contribution in [0.3, 0.4) is 0 Å². The van der Waals surface area contributed by atoms with Crippen LogP contribution in [0, 0.1) is 5.82 Å². The third kappa shape index (κ3) is 4.06. The van der Waals surface area contributed by atoms with Gasteiger partial charge in [-0.25, -0.2) is 14.8 Å². The van der Waals surface area contributed by atoms with Crippen molar-refractivity contribution < 1.29 is 13.6 Å². The van der Waals surface area contributed by atoms with Gasteiger partial charge in [0.25, 0.3) is 5.91 Å². The highest BCUT2D eigenvalue weighted by Crippen LogP contribution is 2.28. The van der Waals surface area contributed by atoms with Crippen LogP contribution in [0.4, 0.5) is 4.39 Å². The fourth-order valence-corrected chi connectivity index (χ4v) is 3.12. The van der Waals surface area contributed by atoms with Crippen LogP contribution in [-0.4, -0.2) is 22.1 Å². The molecule has 134 valence electrons. The summed E-state index contributed by atoms with van der Waals surface area (Å²) in [6.45, 7) is 0. The molecule has 0 atom stereocenters. The number of aromatic nitrogens is 2. The number of hydrogen-bond acceptors (Lipinski definition) is 5. The minimum absolute atomic E-state index is 0.314. The molecule has 0 aliphatic rings. The van der Waals surface area contributed by atoms with Crippen LogP contribution >= 0.6 is 11.8 Å². The third-order valence-corrected chi connectivity index (χ3v) is 4.44. The van der Waals surface area contributed by atoms with E-state index in [1.165, 1.54) is 42.2 Å². The van der Waals surface area contributed by atoms with Crippen molar-refractivity contribution in [2.45, 2.75) is 10.2 Å². The van der Waals surface area contributed by atoms with Crippen molar-refractivity contribution in [3.8, 4) is 0 Å². The van der Waals surface area contributed by atoms with Crippen molar-refractivity contribution in [1.29, 1.82) is 0 Å². The lowest BCUT2D eigenvalue weighted by atomic mass is 10.2. The van der Waals surface area contributed by atoms with Gasteiger partial charge in [-0.05, 0) is 60.3 Å². The summed E-state index contributed by atoms with van der Waals surface area (Å²) in [5.74, 6) is -0.359. The number of fused-ring (bicyclic) bond motifs is 1. The van der Waals surface area contributed by atoms with E-state index in [2.05, 4.69) is 20.5 Å². The molecule has 0 aliphatic carbocycles. The summed E-state index contributed by atoms with van der Waals surface area (Å²) in [6.07, 6.45) is 1.39. The van der Waals surface area contributed by atoms with E-state index in [0.29, 0.717) is 16.4 Å². The van der Waals surface area contributed by atoms with Crippen molar-refractivity contribution >= 4 is 34.9 Å². The molecule has 2 aromatic carbocycles. The standard InChI is InChI=1S/C19H13FN4O2S/c20-13-7-5-12(6-8-13)18(25)24-21-11-14-9-10-17(26-14)27-19-22-15-3-1-2-4-16(15)23-19/h1-11H,(H,22,23)(H,24,25)/b21-11-. The number of nitrogens with zero attached hydrogens (tertiary/aromatic N) is 2. The molecule has 6 nitrogen and oxygen atoms in total. The number of para-hydroxylation sites is 2. The smallest absolute Gasteiger partial charge is 0.271 e. The van der Waals surface area contributed by atoms with Crippen LogP contribution in [0.2, 0.25) is 0 Å². The SMILES string of the molecule is O=C(N/N=C\c1ccc(Sc2nc3ccccc3[nH]2)o1)c1ccc(F)cc1. The second kappa shape index (κ2) is 7.46. The Labute approximate surface area is 157 Å². The molecule has 2 heterocycles. The van der Waals surface area contributed by atoms with Crippen LogP contribution in [-0.2, 0) is 0 Å². The van der Waals surface area contributed by atoms with Crippen LogP contribution in [0.15, 0.2) is 80.4 Å². The largest absolute Gasteiger partial charge is 0.448 e. The monoisotopic (exact) mass is 380 g/mol. The average molecular weight is 380 g/mol. The number of nitrogens with one attached hydrogen (secondary N) is 2. The molecule has 2 aromatic heterocycles. The molecular weight excluding hydrogens is 367 g/mol. The zero-order valence-corrected chi connectivity index (χ0v) is 14.7. The molecule has 0 saturated heterocycles. The van der Waals surface area contributed by atoms with Gasteiger partial charge in [0.05, 0.1) is 17.2 Å². The number of H-pyrrole nitrogens is 1. The summed E-state index contributed by atoms with van der Waals surface area (Å²) in [7, 11) is 0. The zero-order valence-electron chi connectivity index (χ0n) is 13.8. The Morgan fingerprint density at radius 1 is 1.15 bits per heavy atom. The molecule has 0 radical (unpaired) electrons. The molecule has 4 aromatic rings. The number of hydrazone groups is 1. The Bertz CT molecular complexity index is 1090. The van der Waals surface area contributed by atoms with E-state index in [1.54, 1.807) is 12.1 Å². The maximum absolute atomic E-state index is 12.9. The van der Waals surface area contributed by atoms with E-state index < -0.39 is 11.7 Å². The number of carbonyl (C=O) groups is 1. The second-order valence-corrected chi connectivity index (χ2v) is 6.52. The summed E-state index contributed by atoms with van der Waals surface area (Å²) >= 11 is 1.35. The second-order valence-electron chi connectivity index (χ2n) is 5.52. The van der Waals surface area contributed by atoms with Crippen LogP contribution in [0.1, 0.15) is 16.1 Å². The van der Waals surface area contributed by atoms with Crippen molar-refractivity contribution in [2.75, 3.05) is 0 Å². The predicted octanol–water partition coefficient (Wildman–Crippen LogP) is 4.21. The van der Waals surface area contributed by atoms with E-state index >= 15 is 0 Å². The maximum atomic E-state index is 12.9. The van der Waals surface area contributed by atoms with Crippen molar-refractivity contribution in [1.82, 2.24) is 15.4 Å². The molecule has 0 spiro atoms. The molecular formula is C19H13FN4O2S. The zero-order chi connectivity index (χ0) is 18.6. The Morgan fingerprint density at radius 2 is 1.96 bits per heavy atom. The fourth-order valence-electron chi connectivity index (χ4n) is 2.35. The maximum Gasteiger partial charge on any atom is 0.271 e. The van der Waals surface area contributed by atoms with Gasteiger partial charge >= 0.3 is 0 Å². The van der Waals surface area contributed by atoms with E-state index in [9.17, 15) is 9.18 Å². The summed E-state index contributed by atoms with van der Waals surface area (Å²) in [6, 6.07) is 16.5. The van der Waals surface area contributed by atoms with E-state index in [-0.39, 0.29) is 0 Å². The Kier molecular flexibility index (Phi) is 4.71. The highest BCUT2D eigenvalue weighted by atomic mass is 32.2.